The van der Waals surface area contributed by atoms with Crippen LogP contribution in [0.25, 0.3) is 22.5 Å². The number of imidazole rings is 1. The van der Waals surface area contributed by atoms with E-state index in [1.807, 2.05) is 29.1 Å². The lowest BCUT2D eigenvalue weighted by Gasteiger charge is -2.08. The third-order valence-corrected chi connectivity index (χ3v) is 4.50. The summed E-state index contributed by atoms with van der Waals surface area (Å²) in [6.45, 7) is 1.22. The normalized spacial score (nSPS) is 12.8. The highest BCUT2D eigenvalue weighted by atomic mass is 16.5. The van der Waals surface area contributed by atoms with Crippen LogP contribution in [0.5, 0.6) is 5.75 Å². The number of benzene rings is 2. The van der Waals surface area contributed by atoms with Crippen LogP contribution < -0.4 is 4.74 Å². The second-order valence-corrected chi connectivity index (χ2v) is 6.12. The number of aromatic amines is 1. The van der Waals surface area contributed by atoms with Gasteiger partial charge < -0.3 is 9.72 Å². The third-order valence-electron chi connectivity index (χ3n) is 4.50. The molecule has 3 heterocycles. The van der Waals surface area contributed by atoms with Crippen molar-refractivity contribution in [3.63, 3.8) is 0 Å². The van der Waals surface area contributed by atoms with Crippen molar-refractivity contribution in [1.29, 1.82) is 0 Å². The van der Waals surface area contributed by atoms with Gasteiger partial charge in [-0.1, -0.05) is 42.5 Å². The minimum Gasteiger partial charge on any atom is -0.487 e. The Balaban J connectivity index is 1.50. The Bertz CT molecular complexity index is 1020. The maximum atomic E-state index is 6.07. The molecule has 5 heteroatoms. The first-order valence-electron chi connectivity index (χ1n) is 8.23. The Hall–Kier alpha value is -3.34. The van der Waals surface area contributed by atoms with E-state index in [0.717, 1.165) is 39.5 Å². The number of rotatable bonds is 2. The smallest absolute Gasteiger partial charge is 0.130 e. The molecule has 0 radical (unpaired) electrons. The largest absolute Gasteiger partial charge is 0.487 e. The number of hydrogen-bond donors (Lipinski definition) is 1. The Morgan fingerprint density at radius 2 is 1.92 bits per heavy atom. The Kier molecular flexibility index (Phi) is 3.16. The van der Waals surface area contributed by atoms with Gasteiger partial charge in [-0.3, -0.25) is 4.68 Å². The van der Waals surface area contributed by atoms with E-state index in [1.165, 1.54) is 0 Å². The number of ether oxygens (including phenoxy) is 1. The summed E-state index contributed by atoms with van der Waals surface area (Å²) in [5.41, 5.74) is 6.37. The fraction of sp³-hybridized carbons (Fsp3) is 0.100. The van der Waals surface area contributed by atoms with Gasteiger partial charge in [0.2, 0.25) is 0 Å². The minimum atomic E-state index is 0.513. The zero-order chi connectivity index (χ0) is 16.6. The quantitative estimate of drug-likeness (QED) is 0.607. The van der Waals surface area contributed by atoms with Gasteiger partial charge in [-0.05, 0) is 12.1 Å². The van der Waals surface area contributed by atoms with Crippen molar-refractivity contribution < 1.29 is 4.74 Å². The highest BCUT2D eigenvalue weighted by Crippen LogP contribution is 2.31. The fourth-order valence-electron chi connectivity index (χ4n) is 3.17. The maximum absolute atomic E-state index is 6.07. The van der Waals surface area contributed by atoms with Crippen LogP contribution in [-0.2, 0) is 13.2 Å². The van der Waals surface area contributed by atoms with Crippen LogP contribution in [-0.4, -0.2) is 19.7 Å². The third kappa shape index (κ3) is 2.50. The SMILES string of the molecule is c1ccc(-c2cc3n(n2)Cc2ccc(-c4cnc[nH]4)cc2OC3)cc1. The topological polar surface area (TPSA) is 55.7 Å². The number of H-pyrrole nitrogens is 1. The first kappa shape index (κ1) is 14.0. The summed E-state index contributed by atoms with van der Waals surface area (Å²) in [6, 6.07) is 18.6. The molecule has 122 valence electrons. The summed E-state index contributed by atoms with van der Waals surface area (Å²) in [5, 5.41) is 4.77. The molecule has 0 aliphatic carbocycles. The monoisotopic (exact) mass is 328 g/mol. The van der Waals surface area contributed by atoms with E-state index in [2.05, 4.69) is 46.4 Å². The molecule has 0 unspecified atom stereocenters. The number of fused-ring (bicyclic) bond motifs is 2. The van der Waals surface area contributed by atoms with Crippen LogP contribution in [0, 0.1) is 0 Å². The Morgan fingerprint density at radius 1 is 1.00 bits per heavy atom. The average molecular weight is 328 g/mol. The van der Waals surface area contributed by atoms with Crippen molar-refractivity contribution in [2.45, 2.75) is 13.2 Å². The second-order valence-electron chi connectivity index (χ2n) is 6.12. The summed E-state index contributed by atoms with van der Waals surface area (Å²) in [6.07, 6.45) is 3.50. The van der Waals surface area contributed by atoms with Crippen molar-refractivity contribution in [2.75, 3.05) is 0 Å². The number of nitrogens with zero attached hydrogens (tertiary/aromatic N) is 3. The molecule has 5 nitrogen and oxygen atoms in total. The molecule has 0 saturated heterocycles. The summed E-state index contributed by atoms with van der Waals surface area (Å²) in [4.78, 5) is 7.21. The molecular weight excluding hydrogens is 312 g/mol. The lowest BCUT2D eigenvalue weighted by Crippen LogP contribution is -2.03. The van der Waals surface area contributed by atoms with Gasteiger partial charge in [0.1, 0.15) is 12.4 Å². The molecule has 0 atom stereocenters. The predicted molar refractivity (Wildman–Crippen MR) is 95.1 cm³/mol. The van der Waals surface area contributed by atoms with Crippen molar-refractivity contribution in [3.05, 3.63) is 78.4 Å². The molecule has 2 aromatic heterocycles. The maximum Gasteiger partial charge on any atom is 0.130 e. The number of hydrogen-bond acceptors (Lipinski definition) is 3. The van der Waals surface area contributed by atoms with Gasteiger partial charge in [0.15, 0.2) is 0 Å². The van der Waals surface area contributed by atoms with Crippen molar-refractivity contribution >= 4 is 0 Å². The Morgan fingerprint density at radius 3 is 2.76 bits per heavy atom. The lowest BCUT2D eigenvalue weighted by atomic mass is 10.1. The van der Waals surface area contributed by atoms with Gasteiger partial charge in [-0.2, -0.15) is 5.10 Å². The Labute approximate surface area is 144 Å². The molecule has 2 aromatic carbocycles. The van der Waals surface area contributed by atoms with Crippen LogP contribution in [0.15, 0.2) is 67.1 Å². The molecular formula is C20H16N4O. The van der Waals surface area contributed by atoms with E-state index in [-0.39, 0.29) is 0 Å². The van der Waals surface area contributed by atoms with Gasteiger partial charge in [0, 0.05) is 16.7 Å². The van der Waals surface area contributed by atoms with Crippen molar-refractivity contribution in [2.24, 2.45) is 0 Å². The predicted octanol–water partition coefficient (Wildman–Crippen LogP) is 3.88. The van der Waals surface area contributed by atoms with Gasteiger partial charge >= 0.3 is 0 Å². The van der Waals surface area contributed by atoms with E-state index in [4.69, 9.17) is 9.84 Å². The molecule has 5 rings (SSSR count). The molecule has 1 aliphatic rings. The van der Waals surface area contributed by atoms with Gasteiger partial charge in [0.05, 0.1) is 36.2 Å². The molecule has 1 aliphatic heterocycles. The van der Waals surface area contributed by atoms with Gasteiger partial charge in [0.25, 0.3) is 0 Å². The first-order chi connectivity index (χ1) is 12.4. The summed E-state index contributed by atoms with van der Waals surface area (Å²) < 4.78 is 8.10. The molecule has 0 bridgehead atoms. The second kappa shape index (κ2) is 5.63. The molecule has 0 saturated carbocycles. The summed E-state index contributed by atoms with van der Waals surface area (Å²) in [7, 11) is 0. The zero-order valence-electron chi connectivity index (χ0n) is 13.5. The average Bonchev–Trinajstić information content (AvgIpc) is 3.29. The van der Waals surface area contributed by atoms with E-state index >= 15 is 0 Å². The highest BCUT2D eigenvalue weighted by molar-refractivity contribution is 5.62. The lowest BCUT2D eigenvalue weighted by molar-refractivity contribution is 0.302. The van der Waals surface area contributed by atoms with E-state index in [1.54, 1.807) is 6.33 Å². The van der Waals surface area contributed by atoms with E-state index in [0.29, 0.717) is 13.2 Å². The van der Waals surface area contributed by atoms with Gasteiger partial charge in [-0.25, -0.2) is 4.98 Å². The van der Waals surface area contributed by atoms with Gasteiger partial charge in [-0.15, -0.1) is 0 Å². The van der Waals surface area contributed by atoms with Crippen LogP contribution in [0.1, 0.15) is 11.3 Å². The van der Waals surface area contributed by atoms with E-state index in [9.17, 15) is 0 Å². The van der Waals surface area contributed by atoms with Crippen LogP contribution in [0.4, 0.5) is 0 Å². The zero-order valence-corrected chi connectivity index (χ0v) is 13.5. The molecule has 25 heavy (non-hydrogen) atoms. The molecule has 0 amide bonds. The van der Waals surface area contributed by atoms with Crippen LogP contribution >= 0.6 is 0 Å². The molecule has 0 spiro atoms. The minimum absolute atomic E-state index is 0.513. The number of aromatic nitrogens is 4. The molecule has 0 fully saturated rings. The van der Waals surface area contributed by atoms with Crippen molar-refractivity contribution in [3.8, 4) is 28.3 Å². The molecule has 1 N–H and O–H groups in total. The van der Waals surface area contributed by atoms with Crippen molar-refractivity contribution in [1.82, 2.24) is 19.7 Å². The standard InChI is InChI=1S/C20H16N4O/c1-2-4-14(5-3-1)18-9-17-12-25-20-8-15(19-10-21-13-22-19)6-7-16(20)11-24(17)23-18/h1-10,13H,11-12H2,(H,21,22). The summed E-state index contributed by atoms with van der Waals surface area (Å²) in [5.74, 6) is 0.902. The van der Waals surface area contributed by atoms with Crippen LogP contribution in [0.2, 0.25) is 0 Å². The first-order valence-corrected chi connectivity index (χ1v) is 8.23. The highest BCUT2D eigenvalue weighted by Gasteiger charge is 2.17. The number of nitrogens with one attached hydrogen (secondary N) is 1. The molecule has 4 aromatic rings. The summed E-state index contributed by atoms with van der Waals surface area (Å²) >= 11 is 0. The van der Waals surface area contributed by atoms with E-state index < -0.39 is 0 Å². The fourth-order valence-corrected chi connectivity index (χ4v) is 3.17. The van der Waals surface area contributed by atoms with Crippen LogP contribution in [0.3, 0.4) is 0 Å².